The maximum atomic E-state index is 12.0. The Balaban J connectivity index is 1.71. The molecule has 0 aromatic carbocycles. The molecule has 136 valence electrons. The van der Waals surface area contributed by atoms with E-state index >= 15 is 0 Å². The van der Waals surface area contributed by atoms with E-state index in [1.165, 1.54) is 0 Å². The van der Waals surface area contributed by atoms with Gasteiger partial charge in [0.1, 0.15) is 5.82 Å². The average Bonchev–Trinajstić information content (AvgIpc) is 2.93. The van der Waals surface area contributed by atoms with Crippen molar-refractivity contribution in [3.8, 4) is 0 Å². The van der Waals surface area contributed by atoms with Crippen molar-refractivity contribution in [2.75, 3.05) is 30.9 Å². The first-order valence-corrected chi connectivity index (χ1v) is 11.0. The highest BCUT2D eigenvalue weighted by molar-refractivity contribution is 7.99. The number of hydrogen-bond donors (Lipinski definition) is 2. The van der Waals surface area contributed by atoms with E-state index in [0.29, 0.717) is 24.9 Å². The van der Waals surface area contributed by atoms with E-state index in [2.05, 4.69) is 39.2 Å². The molecule has 1 aliphatic heterocycles. The van der Waals surface area contributed by atoms with Crippen molar-refractivity contribution in [1.82, 2.24) is 25.4 Å². The van der Waals surface area contributed by atoms with E-state index in [1.54, 1.807) is 11.8 Å². The lowest BCUT2D eigenvalue weighted by Crippen LogP contribution is -2.41. The molecule has 0 radical (unpaired) electrons. The quantitative estimate of drug-likeness (QED) is 0.509. The number of rotatable bonds is 9. The van der Waals surface area contributed by atoms with Crippen molar-refractivity contribution < 1.29 is 4.79 Å². The first kappa shape index (κ1) is 19.6. The number of aryl methyl sites for hydroxylation is 1. The Kier molecular flexibility index (Phi) is 8.41. The summed E-state index contributed by atoms with van der Waals surface area (Å²) in [4.78, 5) is 12.0. The molecule has 1 unspecified atom stereocenters. The normalized spacial score (nSPS) is 18.1. The van der Waals surface area contributed by atoms with Gasteiger partial charge in [0.25, 0.3) is 0 Å². The summed E-state index contributed by atoms with van der Waals surface area (Å²) in [6, 6.07) is 0.321. The molecule has 2 rings (SSSR count). The summed E-state index contributed by atoms with van der Waals surface area (Å²) < 4.78 is 2.21. The Morgan fingerprint density at radius 2 is 2.33 bits per heavy atom. The Bertz CT molecular complexity index is 515. The second-order valence-electron chi connectivity index (χ2n) is 6.49. The molecule has 0 spiro atoms. The summed E-state index contributed by atoms with van der Waals surface area (Å²) in [7, 11) is 0. The van der Waals surface area contributed by atoms with Crippen LogP contribution in [0.1, 0.15) is 32.5 Å². The minimum atomic E-state index is 0.142. The van der Waals surface area contributed by atoms with Gasteiger partial charge in [-0.05, 0) is 18.6 Å². The molecule has 1 amide bonds. The van der Waals surface area contributed by atoms with Crippen LogP contribution in [0, 0.1) is 5.92 Å². The Morgan fingerprint density at radius 3 is 3.00 bits per heavy atom. The number of carbonyl (C=O) groups excluding carboxylic acids is 1. The number of nitrogens with zero attached hydrogens (tertiary/aromatic N) is 3. The molecule has 6 nitrogen and oxygen atoms in total. The number of thioether (sulfide) groups is 2. The van der Waals surface area contributed by atoms with Crippen LogP contribution in [0.25, 0.3) is 0 Å². The van der Waals surface area contributed by atoms with Crippen LogP contribution < -0.4 is 10.6 Å². The molecule has 1 aromatic heterocycles. The summed E-state index contributed by atoms with van der Waals surface area (Å²) in [5, 5.41) is 16.0. The molecule has 2 N–H and O–H groups in total. The van der Waals surface area contributed by atoms with Crippen LogP contribution in [0.5, 0.6) is 0 Å². The van der Waals surface area contributed by atoms with Crippen LogP contribution in [0.4, 0.5) is 0 Å². The Labute approximate surface area is 153 Å². The first-order chi connectivity index (χ1) is 11.6. The molecule has 0 bridgehead atoms. The standard InChI is InChI=1S/C16H29N5OS2/c1-12(2)10-21-14(19-20-16(21)23-3)5-4-6-18-15(22)9-13-11-24-8-7-17-13/h12-13,17H,4-11H2,1-3H3,(H,18,22). The zero-order valence-electron chi connectivity index (χ0n) is 14.9. The van der Waals surface area contributed by atoms with Gasteiger partial charge in [-0.2, -0.15) is 11.8 Å². The summed E-state index contributed by atoms with van der Waals surface area (Å²) >= 11 is 3.55. The van der Waals surface area contributed by atoms with Gasteiger partial charge in [-0.1, -0.05) is 25.6 Å². The van der Waals surface area contributed by atoms with E-state index in [0.717, 1.165) is 48.4 Å². The van der Waals surface area contributed by atoms with E-state index in [9.17, 15) is 4.79 Å². The highest BCUT2D eigenvalue weighted by Crippen LogP contribution is 2.16. The van der Waals surface area contributed by atoms with E-state index in [-0.39, 0.29) is 5.91 Å². The van der Waals surface area contributed by atoms with Crippen molar-refractivity contribution >= 4 is 29.4 Å². The van der Waals surface area contributed by atoms with Gasteiger partial charge < -0.3 is 15.2 Å². The van der Waals surface area contributed by atoms with Crippen LogP contribution in [-0.4, -0.2) is 57.6 Å². The topological polar surface area (TPSA) is 71.8 Å². The smallest absolute Gasteiger partial charge is 0.221 e. The largest absolute Gasteiger partial charge is 0.356 e. The Hall–Kier alpha value is -0.730. The minimum absolute atomic E-state index is 0.142. The second kappa shape index (κ2) is 10.3. The van der Waals surface area contributed by atoms with Gasteiger partial charge in [0, 0.05) is 50.0 Å². The van der Waals surface area contributed by atoms with Crippen molar-refractivity contribution in [3.63, 3.8) is 0 Å². The lowest BCUT2D eigenvalue weighted by Gasteiger charge is -2.22. The number of amides is 1. The molecular weight excluding hydrogens is 342 g/mol. The molecule has 2 heterocycles. The zero-order valence-corrected chi connectivity index (χ0v) is 16.5. The van der Waals surface area contributed by atoms with Crippen LogP contribution in [0.15, 0.2) is 5.16 Å². The number of hydrogen-bond acceptors (Lipinski definition) is 6. The molecule has 8 heteroatoms. The summed E-state index contributed by atoms with van der Waals surface area (Å²) in [6.07, 6.45) is 4.34. The highest BCUT2D eigenvalue weighted by Gasteiger charge is 2.16. The average molecular weight is 372 g/mol. The van der Waals surface area contributed by atoms with Gasteiger partial charge in [-0.25, -0.2) is 0 Å². The van der Waals surface area contributed by atoms with Crippen molar-refractivity contribution in [3.05, 3.63) is 5.82 Å². The molecule has 0 saturated carbocycles. The lowest BCUT2D eigenvalue weighted by atomic mass is 10.2. The van der Waals surface area contributed by atoms with E-state index in [4.69, 9.17) is 0 Å². The number of aromatic nitrogens is 3. The molecular formula is C16H29N5OS2. The van der Waals surface area contributed by atoms with Crippen molar-refractivity contribution in [2.24, 2.45) is 5.92 Å². The fourth-order valence-corrected chi connectivity index (χ4v) is 4.20. The molecule has 24 heavy (non-hydrogen) atoms. The predicted molar refractivity (Wildman–Crippen MR) is 102 cm³/mol. The fourth-order valence-electron chi connectivity index (χ4n) is 2.72. The maximum Gasteiger partial charge on any atom is 0.221 e. The van der Waals surface area contributed by atoms with Gasteiger partial charge in [0.05, 0.1) is 0 Å². The highest BCUT2D eigenvalue weighted by atomic mass is 32.2. The number of carbonyl (C=O) groups is 1. The third-order valence-corrected chi connectivity index (χ3v) is 5.65. The monoisotopic (exact) mass is 371 g/mol. The molecule has 1 fully saturated rings. The van der Waals surface area contributed by atoms with Gasteiger partial charge in [0.15, 0.2) is 5.16 Å². The van der Waals surface area contributed by atoms with Crippen molar-refractivity contribution in [1.29, 1.82) is 0 Å². The summed E-state index contributed by atoms with van der Waals surface area (Å²) in [6.45, 7) is 7.04. The van der Waals surface area contributed by atoms with Crippen LogP contribution in [0.3, 0.4) is 0 Å². The third-order valence-electron chi connectivity index (χ3n) is 3.85. The number of nitrogens with one attached hydrogen (secondary N) is 2. The van der Waals surface area contributed by atoms with Gasteiger partial charge in [-0.15, -0.1) is 10.2 Å². The Morgan fingerprint density at radius 1 is 1.50 bits per heavy atom. The lowest BCUT2D eigenvalue weighted by molar-refractivity contribution is -0.121. The van der Waals surface area contributed by atoms with Gasteiger partial charge in [0.2, 0.25) is 5.91 Å². The van der Waals surface area contributed by atoms with Gasteiger partial charge >= 0.3 is 0 Å². The van der Waals surface area contributed by atoms with Crippen molar-refractivity contribution in [2.45, 2.75) is 50.9 Å². The molecule has 1 aromatic rings. The van der Waals surface area contributed by atoms with E-state index < -0.39 is 0 Å². The molecule has 1 aliphatic rings. The van der Waals surface area contributed by atoms with Crippen LogP contribution >= 0.6 is 23.5 Å². The van der Waals surface area contributed by atoms with Gasteiger partial charge in [-0.3, -0.25) is 4.79 Å². The second-order valence-corrected chi connectivity index (χ2v) is 8.41. The summed E-state index contributed by atoms with van der Waals surface area (Å²) in [5.74, 6) is 3.90. The molecule has 0 aliphatic carbocycles. The molecule has 1 atom stereocenters. The minimum Gasteiger partial charge on any atom is -0.356 e. The fraction of sp³-hybridized carbons (Fsp3) is 0.812. The van der Waals surface area contributed by atoms with Crippen LogP contribution in [-0.2, 0) is 17.8 Å². The summed E-state index contributed by atoms with van der Waals surface area (Å²) in [5.41, 5.74) is 0. The van der Waals surface area contributed by atoms with Crippen LogP contribution in [0.2, 0.25) is 0 Å². The molecule has 1 saturated heterocycles. The maximum absolute atomic E-state index is 12.0. The SMILES string of the molecule is CSc1nnc(CCCNC(=O)CC2CSCCN2)n1CC(C)C. The third kappa shape index (κ3) is 6.29. The predicted octanol–water partition coefficient (Wildman–Crippen LogP) is 1.80. The zero-order chi connectivity index (χ0) is 17.4. The first-order valence-electron chi connectivity index (χ1n) is 8.64. The van der Waals surface area contributed by atoms with E-state index in [1.807, 2.05) is 18.0 Å².